The van der Waals surface area contributed by atoms with E-state index in [-0.39, 0.29) is 0 Å². The van der Waals surface area contributed by atoms with Gasteiger partial charge in [-0.2, -0.15) is 0 Å². The van der Waals surface area contributed by atoms with Crippen LogP contribution in [0.15, 0.2) is 24.4 Å². The average molecular weight is 261 g/mol. The molecule has 1 aliphatic heterocycles. The Morgan fingerprint density at radius 1 is 1.42 bits per heavy atom. The summed E-state index contributed by atoms with van der Waals surface area (Å²) in [5, 5.41) is 0. The molecule has 1 saturated heterocycles. The topological polar surface area (TPSA) is 3.24 Å². The summed E-state index contributed by atoms with van der Waals surface area (Å²) < 4.78 is 0. The fourth-order valence-electron chi connectivity index (χ4n) is 4.11. The van der Waals surface area contributed by atoms with E-state index in [0.717, 1.165) is 11.8 Å². The van der Waals surface area contributed by atoms with Gasteiger partial charge in [-0.05, 0) is 49.9 Å². The van der Waals surface area contributed by atoms with Gasteiger partial charge >= 0.3 is 0 Å². The maximum atomic E-state index is 4.38. The molecule has 0 aromatic carbocycles. The molecule has 2 aliphatic rings. The second-order valence-corrected chi connectivity index (χ2v) is 6.99. The molecule has 2 rings (SSSR count). The van der Waals surface area contributed by atoms with E-state index in [1.807, 2.05) is 0 Å². The lowest BCUT2D eigenvalue weighted by Crippen LogP contribution is -2.49. The third-order valence-electron chi connectivity index (χ3n) is 5.09. The Morgan fingerprint density at radius 3 is 2.79 bits per heavy atom. The van der Waals surface area contributed by atoms with Crippen LogP contribution in [0.1, 0.15) is 59.8 Å². The van der Waals surface area contributed by atoms with Crippen molar-refractivity contribution in [1.82, 2.24) is 4.90 Å². The van der Waals surface area contributed by atoms with Crippen molar-refractivity contribution < 1.29 is 0 Å². The first-order chi connectivity index (χ1) is 9.04. The Labute approximate surface area is 119 Å². The molecule has 4 atom stereocenters. The number of fused-ring (bicyclic) bond motifs is 1. The Balaban J connectivity index is 2.25. The molecule has 0 amide bonds. The van der Waals surface area contributed by atoms with Crippen molar-refractivity contribution in [2.24, 2.45) is 17.8 Å². The number of rotatable bonds is 3. The van der Waals surface area contributed by atoms with Crippen LogP contribution < -0.4 is 0 Å². The van der Waals surface area contributed by atoms with E-state index in [9.17, 15) is 0 Å². The summed E-state index contributed by atoms with van der Waals surface area (Å²) in [6.07, 6.45) is 11.3. The van der Waals surface area contributed by atoms with Crippen LogP contribution in [-0.2, 0) is 0 Å². The summed E-state index contributed by atoms with van der Waals surface area (Å²) in [7, 11) is 0. The van der Waals surface area contributed by atoms with Gasteiger partial charge in [0.1, 0.15) is 0 Å². The summed E-state index contributed by atoms with van der Waals surface area (Å²) in [5.41, 5.74) is 1.38. The Hall–Kier alpha value is -0.720. The predicted octanol–water partition coefficient (Wildman–Crippen LogP) is 5.00. The molecule has 108 valence electrons. The molecule has 1 nitrogen and oxygen atoms in total. The van der Waals surface area contributed by atoms with E-state index in [1.165, 1.54) is 37.8 Å². The molecular weight excluding hydrogens is 230 g/mol. The molecule has 1 aliphatic carbocycles. The lowest BCUT2D eigenvalue weighted by atomic mass is 9.81. The van der Waals surface area contributed by atoms with Crippen molar-refractivity contribution in [3.63, 3.8) is 0 Å². The SMILES string of the molecule is C=C1CC[C@@H]2CC(C)CC=CC2N1[C@H](CC)C(C)C. The van der Waals surface area contributed by atoms with E-state index < -0.39 is 0 Å². The number of hydrogen-bond donors (Lipinski definition) is 0. The fraction of sp³-hybridized carbons (Fsp3) is 0.778. The molecule has 0 radical (unpaired) electrons. The minimum Gasteiger partial charge on any atom is -0.365 e. The van der Waals surface area contributed by atoms with Gasteiger partial charge in [-0.3, -0.25) is 0 Å². The maximum Gasteiger partial charge on any atom is 0.0501 e. The lowest BCUT2D eigenvalue weighted by Gasteiger charge is -2.48. The van der Waals surface area contributed by atoms with Gasteiger partial charge in [0.25, 0.3) is 0 Å². The highest BCUT2D eigenvalue weighted by Crippen LogP contribution is 2.39. The summed E-state index contributed by atoms with van der Waals surface area (Å²) in [6, 6.07) is 1.26. The molecule has 1 heterocycles. The first kappa shape index (κ1) is 14.7. The summed E-state index contributed by atoms with van der Waals surface area (Å²) >= 11 is 0. The molecule has 2 unspecified atom stereocenters. The first-order valence-electron chi connectivity index (χ1n) is 8.17. The molecule has 1 fully saturated rings. The highest BCUT2D eigenvalue weighted by Gasteiger charge is 2.36. The normalized spacial score (nSPS) is 33.2. The zero-order chi connectivity index (χ0) is 14.0. The second kappa shape index (κ2) is 6.15. The third kappa shape index (κ3) is 3.07. The minimum atomic E-state index is 0.610. The van der Waals surface area contributed by atoms with E-state index >= 15 is 0 Å². The van der Waals surface area contributed by atoms with Crippen LogP contribution in [-0.4, -0.2) is 17.0 Å². The van der Waals surface area contributed by atoms with Crippen LogP contribution in [0.2, 0.25) is 0 Å². The van der Waals surface area contributed by atoms with Gasteiger partial charge in [0.05, 0.1) is 6.04 Å². The molecule has 0 aromatic rings. The van der Waals surface area contributed by atoms with Gasteiger partial charge in [0, 0.05) is 11.7 Å². The van der Waals surface area contributed by atoms with Gasteiger partial charge in [-0.1, -0.05) is 46.4 Å². The summed E-state index contributed by atoms with van der Waals surface area (Å²) in [5.74, 6) is 2.39. The number of nitrogens with zero attached hydrogens (tertiary/aromatic N) is 1. The van der Waals surface area contributed by atoms with E-state index in [1.54, 1.807) is 0 Å². The van der Waals surface area contributed by atoms with Crippen LogP contribution in [0.4, 0.5) is 0 Å². The minimum absolute atomic E-state index is 0.610. The lowest BCUT2D eigenvalue weighted by molar-refractivity contribution is 0.0869. The second-order valence-electron chi connectivity index (χ2n) is 6.99. The molecule has 0 spiro atoms. The zero-order valence-corrected chi connectivity index (χ0v) is 13.2. The van der Waals surface area contributed by atoms with Crippen molar-refractivity contribution in [2.45, 2.75) is 71.9 Å². The maximum absolute atomic E-state index is 4.38. The Bertz CT molecular complexity index is 342. The fourth-order valence-corrected chi connectivity index (χ4v) is 4.11. The molecule has 0 aromatic heterocycles. The number of likely N-dealkylation sites (tertiary alicyclic amines) is 1. The van der Waals surface area contributed by atoms with Crippen LogP contribution in [0.3, 0.4) is 0 Å². The average Bonchev–Trinajstić information content (AvgIpc) is 2.53. The largest absolute Gasteiger partial charge is 0.365 e. The predicted molar refractivity (Wildman–Crippen MR) is 83.9 cm³/mol. The Kier molecular flexibility index (Phi) is 4.76. The van der Waals surface area contributed by atoms with Gasteiger partial charge in [-0.25, -0.2) is 0 Å². The van der Waals surface area contributed by atoms with Crippen molar-refractivity contribution in [3.05, 3.63) is 24.4 Å². The molecule has 19 heavy (non-hydrogen) atoms. The smallest absolute Gasteiger partial charge is 0.0501 e. The highest BCUT2D eigenvalue weighted by molar-refractivity contribution is 5.14. The third-order valence-corrected chi connectivity index (χ3v) is 5.09. The van der Waals surface area contributed by atoms with E-state index in [0.29, 0.717) is 18.0 Å². The van der Waals surface area contributed by atoms with Gasteiger partial charge in [0.15, 0.2) is 0 Å². The van der Waals surface area contributed by atoms with Crippen molar-refractivity contribution in [1.29, 1.82) is 0 Å². The van der Waals surface area contributed by atoms with Crippen LogP contribution in [0.25, 0.3) is 0 Å². The van der Waals surface area contributed by atoms with Crippen LogP contribution >= 0.6 is 0 Å². The molecular formula is C18H31N. The first-order valence-corrected chi connectivity index (χ1v) is 8.17. The molecule has 0 N–H and O–H groups in total. The monoisotopic (exact) mass is 261 g/mol. The number of piperidine rings is 1. The van der Waals surface area contributed by atoms with Crippen molar-refractivity contribution in [3.8, 4) is 0 Å². The highest BCUT2D eigenvalue weighted by atomic mass is 15.2. The zero-order valence-electron chi connectivity index (χ0n) is 13.2. The van der Waals surface area contributed by atoms with Crippen molar-refractivity contribution in [2.75, 3.05) is 0 Å². The molecule has 1 heteroatoms. The quantitative estimate of drug-likeness (QED) is 0.646. The van der Waals surface area contributed by atoms with Gasteiger partial charge in [-0.15, -0.1) is 0 Å². The summed E-state index contributed by atoms with van der Waals surface area (Å²) in [4.78, 5) is 2.67. The standard InChI is InChI=1S/C18H31N/c1-6-17(13(2)3)19-15(5)10-11-16-12-14(4)8-7-9-18(16)19/h7,9,13-14,16-18H,5-6,8,10-12H2,1-4H3/t14?,16-,17-,18?/m1/s1. The Morgan fingerprint density at radius 2 is 2.16 bits per heavy atom. The van der Waals surface area contributed by atoms with Gasteiger partial charge in [0.2, 0.25) is 0 Å². The van der Waals surface area contributed by atoms with Crippen LogP contribution in [0.5, 0.6) is 0 Å². The van der Waals surface area contributed by atoms with Gasteiger partial charge < -0.3 is 4.90 Å². The van der Waals surface area contributed by atoms with Crippen molar-refractivity contribution >= 4 is 0 Å². The van der Waals surface area contributed by atoms with E-state index in [2.05, 4.69) is 51.3 Å². The number of hydrogen-bond acceptors (Lipinski definition) is 1. The van der Waals surface area contributed by atoms with E-state index in [4.69, 9.17) is 0 Å². The summed E-state index contributed by atoms with van der Waals surface area (Å²) in [6.45, 7) is 13.8. The van der Waals surface area contributed by atoms with Crippen LogP contribution in [0, 0.1) is 17.8 Å². The molecule has 0 saturated carbocycles. The molecule has 0 bridgehead atoms. The number of allylic oxidation sites excluding steroid dienone is 2.